The van der Waals surface area contributed by atoms with E-state index in [1.54, 1.807) is 0 Å². The van der Waals surface area contributed by atoms with Crippen LogP contribution in [0.2, 0.25) is 0 Å². The van der Waals surface area contributed by atoms with E-state index < -0.39 is 5.97 Å². The van der Waals surface area contributed by atoms with Gasteiger partial charge in [0.1, 0.15) is 0 Å². The van der Waals surface area contributed by atoms with E-state index >= 15 is 0 Å². The summed E-state index contributed by atoms with van der Waals surface area (Å²) in [5, 5.41) is 14.3. The van der Waals surface area contributed by atoms with Gasteiger partial charge in [0.15, 0.2) is 0 Å². The van der Waals surface area contributed by atoms with Crippen molar-refractivity contribution >= 4 is 17.3 Å². The molecular weight excluding hydrogens is 248 g/mol. The molecule has 0 aliphatic heterocycles. The van der Waals surface area contributed by atoms with Gasteiger partial charge in [-0.2, -0.15) is 0 Å². The van der Waals surface area contributed by atoms with Crippen LogP contribution in [0.4, 0.5) is 0 Å². The number of carbonyl (C=O) groups is 1. The van der Waals surface area contributed by atoms with Gasteiger partial charge >= 0.3 is 5.97 Å². The van der Waals surface area contributed by atoms with Gasteiger partial charge in [-0.05, 0) is 31.1 Å². The molecule has 1 saturated carbocycles. The zero-order valence-electron chi connectivity index (χ0n) is 10.8. The molecule has 4 nitrogen and oxygen atoms in total. The van der Waals surface area contributed by atoms with E-state index in [1.165, 1.54) is 30.6 Å². The molecule has 100 valence electrons. The van der Waals surface area contributed by atoms with Crippen molar-refractivity contribution in [2.24, 2.45) is 11.8 Å². The Hall–Kier alpha value is -0.940. The van der Waals surface area contributed by atoms with Crippen LogP contribution in [0.25, 0.3) is 0 Å². The molecule has 1 fully saturated rings. The summed E-state index contributed by atoms with van der Waals surface area (Å²) in [5.41, 5.74) is 0.837. The average molecular weight is 268 g/mol. The molecule has 2 rings (SSSR count). The first kappa shape index (κ1) is 13.5. The van der Waals surface area contributed by atoms with Gasteiger partial charge in [0.2, 0.25) is 5.01 Å². The first-order valence-corrected chi connectivity index (χ1v) is 7.35. The molecule has 0 saturated heterocycles. The molecule has 0 radical (unpaired) electrons. The maximum Gasteiger partial charge on any atom is 0.365 e. The lowest BCUT2D eigenvalue weighted by molar-refractivity contribution is 0.0696. The highest BCUT2D eigenvalue weighted by molar-refractivity contribution is 7.11. The van der Waals surface area contributed by atoms with E-state index in [4.69, 9.17) is 5.11 Å². The van der Waals surface area contributed by atoms with Crippen LogP contribution < -0.4 is 5.32 Å². The molecule has 0 amide bonds. The Morgan fingerprint density at radius 3 is 2.89 bits per heavy atom. The van der Waals surface area contributed by atoms with Crippen LogP contribution in [0, 0.1) is 11.8 Å². The van der Waals surface area contributed by atoms with Crippen LogP contribution in [0.5, 0.6) is 0 Å². The number of rotatable bonds is 4. The first-order chi connectivity index (χ1) is 8.56. The molecule has 0 spiro atoms. The highest BCUT2D eigenvalue weighted by Gasteiger charge is 2.24. The molecule has 5 heteroatoms. The van der Waals surface area contributed by atoms with Crippen LogP contribution >= 0.6 is 11.3 Å². The molecule has 3 atom stereocenters. The summed E-state index contributed by atoms with van der Waals surface area (Å²) in [4.78, 5) is 14.8. The van der Waals surface area contributed by atoms with Gasteiger partial charge in [-0.15, -0.1) is 11.3 Å². The minimum absolute atomic E-state index is 0.178. The lowest BCUT2D eigenvalue weighted by atomic mass is 9.79. The van der Waals surface area contributed by atoms with Gasteiger partial charge in [0, 0.05) is 18.0 Å². The third-order valence-electron chi connectivity index (χ3n) is 3.90. The second kappa shape index (κ2) is 5.80. The fraction of sp³-hybridized carbons (Fsp3) is 0.692. The standard InChI is InChI=1S/C13H20N2O2S/c1-8-3-4-10(5-9(8)2)14-6-11-7-18-12(15-11)13(16)17/h7-10,14H,3-6H2,1-2H3,(H,16,17). The number of thiazole rings is 1. The van der Waals surface area contributed by atoms with Crippen molar-refractivity contribution in [1.29, 1.82) is 0 Å². The van der Waals surface area contributed by atoms with Gasteiger partial charge < -0.3 is 10.4 Å². The van der Waals surface area contributed by atoms with Crippen molar-refractivity contribution in [3.8, 4) is 0 Å². The average Bonchev–Trinajstić information content (AvgIpc) is 2.79. The van der Waals surface area contributed by atoms with E-state index in [9.17, 15) is 4.79 Å². The van der Waals surface area contributed by atoms with Gasteiger partial charge in [-0.3, -0.25) is 0 Å². The maximum atomic E-state index is 10.7. The third kappa shape index (κ3) is 3.29. The van der Waals surface area contributed by atoms with Crippen molar-refractivity contribution in [2.45, 2.75) is 45.7 Å². The highest BCUT2D eigenvalue weighted by atomic mass is 32.1. The summed E-state index contributed by atoms with van der Waals surface area (Å²) < 4.78 is 0. The second-order valence-corrected chi connectivity index (χ2v) is 6.15. The van der Waals surface area contributed by atoms with Gasteiger partial charge in [-0.1, -0.05) is 13.8 Å². The summed E-state index contributed by atoms with van der Waals surface area (Å²) in [5.74, 6) is 0.647. The summed E-state index contributed by atoms with van der Waals surface area (Å²) in [6, 6.07) is 0.547. The van der Waals surface area contributed by atoms with E-state index in [-0.39, 0.29) is 5.01 Å². The quantitative estimate of drug-likeness (QED) is 0.881. The molecule has 1 aliphatic carbocycles. The van der Waals surface area contributed by atoms with Gasteiger partial charge in [-0.25, -0.2) is 9.78 Å². The molecule has 2 N–H and O–H groups in total. The number of nitrogens with zero attached hydrogens (tertiary/aromatic N) is 1. The number of carboxylic acids is 1. The first-order valence-electron chi connectivity index (χ1n) is 6.47. The number of aromatic carboxylic acids is 1. The van der Waals surface area contributed by atoms with Crippen LogP contribution in [-0.4, -0.2) is 22.1 Å². The van der Waals surface area contributed by atoms with E-state index in [0.29, 0.717) is 12.6 Å². The highest BCUT2D eigenvalue weighted by Crippen LogP contribution is 2.29. The van der Waals surface area contributed by atoms with Crippen molar-refractivity contribution in [3.63, 3.8) is 0 Å². The van der Waals surface area contributed by atoms with E-state index in [0.717, 1.165) is 17.5 Å². The van der Waals surface area contributed by atoms with Crippen LogP contribution in [0.3, 0.4) is 0 Å². The lowest BCUT2D eigenvalue weighted by Crippen LogP contribution is -2.35. The molecule has 0 aromatic carbocycles. The Balaban J connectivity index is 1.82. The lowest BCUT2D eigenvalue weighted by Gasteiger charge is -2.32. The Bertz CT molecular complexity index is 419. The molecule has 0 bridgehead atoms. The zero-order chi connectivity index (χ0) is 13.1. The molecule has 1 aliphatic rings. The molecule has 18 heavy (non-hydrogen) atoms. The topological polar surface area (TPSA) is 62.2 Å². The molecule has 1 aromatic heterocycles. The van der Waals surface area contributed by atoms with Crippen LogP contribution in [-0.2, 0) is 6.54 Å². The van der Waals surface area contributed by atoms with Gasteiger partial charge in [0.05, 0.1) is 5.69 Å². The minimum atomic E-state index is -0.939. The number of nitrogens with one attached hydrogen (secondary N) is 1. The predicted octanol–water partition coefficient (Wildman–Crippen LogP) is 2.76. The summed E-state index contributed by atoms with van der Waals surface area (Å²) >= 11 is 1.19. The normalized spacial score (nSPS) is 28.2. The van der Waals surface area contributed by atoms with Crippen molar-refractivity contribution in [2.75, 3.05) is 0 Å². The Labute approximate surface area is 111 Å². The van der Waals surface area contributed by atoms with Crippen LogP contribution in [0.15, 0.2) is 5.38 Å². The van der Waals surface area contributed by atoms with Crippen molar-refractivity contribution in [3.05, 3.63) is 16.1 Å². The van der Waals surface area contributed by atoms with Gasteiger partial charge in [0.25, 0.3) is 0 Å². The minimum Gasteiger partial charge on any atom is -0.476 e. The molecule has 1 heterocycles. The molecule has 1 aromatic rings. The number of hydrogen-bond acceptors (Lipinski definition) is 4. The fourth-order valence-corrected chi connectivity index (χ4v) is 3.12. The van der Waals surface area contributed by atoms with Crippen molar-refractivity contribution in [1.82, 2.24) is 10.3 Å². The Morgan fingerprint density at radius 2 is 2.28 bits per heavy atom. The fourth-order valence-electron chi connectivity index (χ4n) is 2.47. The SMILES string of the molecule is CC1CCC(NCc2csc(C(=O)O)n2)CC1C. The zero-order valence-corrected chi connectivity index (χ0v) is 11.7. The Morgan fingerprint density at radius 1 is 1.50 bits per heavy atom. The van der Waals surface area contributed by atoms with E-state index in [2.05, 4.69) is 24.1 Å². The van der Waals surface area contributed by atoms with E-state index in [1.807, 2.05) is 5.38 Å². The summed E-state index contributed by atoms with van der Waals surface area (Å²) in [6.07, 6.45) is 3.69. The molecular formula is C13H20N2O2S. The third-order valence-corrected chi connectivity index (χ3v) is 4.78. The smallest absolute Gasteiger partial charge is 0.365 e. The van der Waals surface area contributed by atoms with Crippen LogP contribution in [0.1, 0.15) is 48.6 Å². The summed E-state index contributed by atoms with van der Waals surface area (Å²) in [6.45, 7) is 5.31. The maximum absolute atomic E-state index is 10.7. The number of aromatic nitrogens is 1. The number of hydrogen-bond donors (Lipinski definition) is 2. The molecule has 3 unspecified atom stereocenters. The second-order valence-electron chi connectivity index (χ2n) is 5.29. The predicted molar refractivity (Wildman–Crippen MR) is 71.9 cm³/mol. The monoisotopic (exact) mass is 268 g/mol. The summed E-state index contributed by atoms with van der Waals surface area (Å²) in [7, 11) is 0. The Kier molecular flexibility index (Phi) is 4.35. The largest absolute Gasteiger partial charge is 0.476 e. The number of carboxylic acid groups (broad SMARTS) is 1. The van der Waals surface area contributed by atoms with Crippen molar-refractivity contribution < 1.29 is 9.90 Å².